The van der Waals surface area contributed by atoms with Crippen molar-refractivity contribution in [1.82, 2.24) is 4.72 Å². The van der Waals surface area contributed by atoms with Crippen molar-refractivity contribution in [3.63, 3.8) is 0 Å². The lowest BCUT2D eigenvalue weighted by Gasteiger charge is -2.12. The fraction of sp³-hybridized carbons (Fsp3) is 0.222. The summed E-state index contributed by atoms with van der Waals surface area (Å²) in [5.74, 6) is -1.86. The Labute approximate surface area is 97.8 Å². The molecule has 0 heterocycles. The Kier molecular flexibility index (Phi) is 3.69. The molecule has 5 N–H and O–H groups in total. The summed E-state index contributed by atoms with van der Waals surface area (Å²) >= 11 is 0. The lowest BCUT2D eigenvalue weighted by molar-refractivity contribution is -0.119. The van der Waals surface area contributed by atoms with Gasteiger partial charge in [0.1, 0.15) is 10.7 Å². The van der Waals surface area contributed by atoms with E-state index >= 15 is 0 Å². The summed E-state index contributed by atoms with van der Waals surface area (Å²) in [6, 6.07) is 2.33. The van der Waals surface area contributed by atoms with Crippen LogP contribution >= 0.6 is 0 Å². The third-order valence-electron chi connectivity index (χ3n) is 2.02. The Bertz CT molecular complexity index is 524. The van der Waals surface area contributed by atoms with Gasteiger partial charge < -0.3 is 11.5 Å². The molecule has 0 saturated heterocycles. The highest BCUT2D eigenvalue weighted by molar-refractivity contribution is 7.89. The molecule has 1 aromatic rings. The van der Waals surface area contributed by atoms with Crippen LogP contribution in [0.4, 0.5) is 10.1 Å². The average Bonchev–Trinajstić information content (AvgIpc) is 2.15. The van der Waals surface area contributed by atoms with Gasteiger partial charge in [-0.3, -0.25) is 4.79 Å². The second kappa shape index (κ2) is 4.68. The van der Waals surface area contributed by atoms with E-state index in [4.69, 9.17) is 11.5 Å². The molecule has 0 spiro atoms. The first-order chi connectivity index (χ1) is 7.75. The molecule has 1 aromatic carbocycles. The topological polar surface area (TPSA) is 115 Å². The van der Waals surface area contributed by atoms with E-state index in [2.05, 4.69) is 0 Å². The summed E-state index contributed by atoms with van der Waals surface area (Å²) in [5, 5.41) is 0. The SMILES string of the molecule is CC(NS(=O)(=O)c1c(N)cccc1F)C(N)=O. The van der Waals surface area contributed by atoms with Gasteiger partial charge in [-0.2, -0.15) is 4.72 Å². The number of anilines is 1. The molecule has 0 aromatic heterocycles. The number of benzene rings is 1. The summed E-state index contributed by atoms with van der Waals surface area (Å²) < 4.78 is 38.8. The lowest BCUT2D eigenvalue weighted by atomic mass is 10.3. The van der Waals surface area contributed by atoms with E-state index in [0.717, 1.165) is 6.07 Å². The van der Waals surface area contributed by atoms with Gasteiger partial charge in [0.15, 0.2) is 0 Å². The van der Waals surface area contributed by atoms with Crippen LogP contribution in [0, 0.1) is 5.82 Å². The van der Waals surface area contributed by atoms with Crippen molar-refractivity contribution in [2.75, 3.05) is 5.73 Å². The Morgan fingerprint density at radius 2 is 2.06 bits per heavy atom. The van der Waals surface area contributed by atoms with E-state index in [1.165, 1.54) is 19.1 Å². The lowest BCUT2D eigenvalue weighted by Crippen LogP contribution is -2.42. The van der Waals surface area contributed by atoms with Crippen LogP contribution in [-0.4, -0.2) is 20.4 Å². The van der Waals surface area contributed by atoms with Crippen LogP contribution in [0.1, 0.15) is 6.92 Å². The first-order valence-electron chi connectivity index (χ1n) is 4.61. The van der Waals surface area contributed by atoms with Gasteiger partial charge in [-0.05, 0) is 19.1 Å². The summed E-state index contributed by atoms with van der Waals surface area (Å²) in [5.41, 5.74) is 10.0. The van der Waals surface area contributed by atoms with E-state index in [0.29, 0.717) is 0 Å². The van der Waals surface area contributed by atoms with Crippen LogP contribution in [-0.2, 0) is 14.8 Å². The molecule has 1 amide bonds. The molecule has 0 fully saturated rings. The molecular weight excluding hydrogens is 249 g/mol. The number of sulfonamides is 1. The zero-order valence-corrected chi connectivity index (χ0v) is 9.79. The summed E-state index contributed by atoms with van der Waals surface area (Å²) in [6.07, 6.45) is 0. The Hall–Kier alpha value is -1.67. The van der Waals surface area contributed by atoms with Crippen molar-refractivity contribution < 1.29 is 17.6 Å². The van der Waals surface area contributed by atoms with Crippen molar-refractivity contribution in [2.45, 2.75) is 17.9 Å². The first kappa shape index (κ1) is 13.4. The zero-order chi connectivity index (χ0) is 13.2. The quantitative estimate of drug-likeness (QED) is 0.637. The Morgan fingerprint density at radius 1 is 1.47 bits per heavy atom. The van der Waals surface area contributed by atoms with E-state index in [1.807, 2.05) is 4.72 Å². The highest BCUT2D eigenvalue weighted by Crippen LogP contribution is 2.21. The van der Waals surface area contributed by atoms with Crippen molar-refractivity contribution >= 4 is 21.6 Å². The van der Waals surface area contributed by atoms with E-state index in [9.17, 15) is 17.6 Å². The largest absolute Gasteiger partial charge is 0.398 e. The number of halogens is 1. The number of rotatable bonds is 4. The standard InChI is InChI=1S/C9H12FN3O3S/c1-5(9(12)14)13-17(15,16)8-6(10)3-2-4-7(8)11/h2-5,13H,11H2,1H3,(H2,12,14). The van der Waals surface area contributed by atoms with Gasteiger partial charge in [-0.25, -0.2) is 12.8 Å². The van der Waals surface area contributed by atoms with Crippen LogP contribution in [0.25, 0.3) is 0 Å². The third kappa shape index (κ3) is 2.92. The van der Waals surface area contributed by atoms with Crippen LogP contribution < -0.4 is 16.2 Å². The maximum atomic E-state index is 13.4. The zero-order valence-electron chi connectivity index (χ0n) is 8.98. The molecule has 1 atom stereocenters. The van der Waals surface area contributed by atoms with E-state index in [1.54, 1.807) is 0 Å². The number of nitrogens with one attached hydrogen (secondary N) is 1. The molecule has 17 heavy (non-hydrogen) atoms. The predicted octanol–water partition coefficient (Wildman–Crippen LogP) is -0.440. The minimum absolute atomic E-state index is 0.242. The highest BCUT2D eigenvalue weighted by Gasteiger charge is 2.25. The Balaban J connectivity index is 3.19. The molecule has 0 aliphatic heterocycles. The average molecular weight is 261 g/mol. The number of hydrogen-bond acceptors (Lipinski definition) is 4. The number of primary amides is 1. The first-order valence-corrected chi connectivity index (χ1v) is 6.09. The second-order valence-electron chi connectivity index (χ2n) is 3.40. The monoisotopic (exact) mass is 261 g/mol. The predicted molar refractivity (Wildman–Crippen MR) is 59.8 cm³/mol. The number of carbonyl (C=O) groups is 1. The van der Waals surface area contributed by atoms with E-state index in [-0.39, 0.29) is 5.69 Å². The molecule has 0 aliphatic rings. The van der Waals surface area contributed by atoms with Gasteiger partial charge in [-0.1, -0.05) is 6.07 Å². The van der Waals surface area contributed by atoms with Crippen molar-refractivity contribution in [3.8, 4) is 0 Å². The van der Waals surface area contributed by atoms with Crippen molar-refractivity contribution in [2.24, 2.45) is 5.73 Å². The highest BCUT2D eigenvalue weighted by atomic mass is 32.2. The van der Waals surface area contributed by atoms with Gasteiger partial charge in [0.2, 0.25) is 15.9 Å². The van der Waals surface area contributed by atoms with Crippen LogP contribution in [0.3, 0.4) is 0 Å². The van der Waals surface area contributed by atoms with Gasteiger partial charge in [0.25, 0.3) is 0 Å². The molecule has 0 saturated carbocycles. The van der Waals surface area contributed by atoms with Gasteiger partial charge in [-0.15, -0.1) is 0 Å². The van der Waals surface area contributed by atoms with Crippen molar-refractivity contribution in [3.05, 3.63) is 24.0 Å². The molecular formula is C9H12FN3O3S. The molecule has 0 radical (unpaired) electrons. The molecule has 0 aliphatic carbocycles. The Morgan fingerprint density at radius 3 is 2.53 bits per heavy atom. The molecule has 6 nitrogen and oxygen atoms in total. The summed E-state index contributed by atoms with van der Waals surface area (Å²) in [7, 11) is -4.22. The number of amides is 1. The van der Waals surface area contributed by atoms with Crippen molar-refractivity contribution in [1.29, 1.82) is 0 Å². The van der Waals surface area contributed by atoms with Crippen LogP contribution in [0.2, 0.25) is 0 Å². The minimum Gasteiger partial charge on any atom is -0.398 e. The maximum absolute atomic E-state index is 13.4. The van der Waals surface area contributed by atoms with Gasteiger partial charge >= 0.3 is 0 Å². The molecule has 1 unspecified atom stereocenters. The molecule has 0 bridgehead atoms. The van der Waals surface area contributed by atoms with Gasteiger partial charge in [0, 0.05) is 0 Å². The van der Waals surface area contributed by atoms with Gasteiger partial charge in [0.05, 0.1) is 11.7 Å². The molecule has 94 valence electrons. The number of hydrogen-bond donors (Lipinski definition) is 3. The number of carbonyl (C=O) groups excluding carboxylic acids is 1. The minimum atomic E-state index is -4.22. The summed E-state index contributed by atoms with van der Waals surface area (Å²) in [4.78, 5) is 10.1. The smallest absolute Gasteiger partial charge is 0.246 e. The van der Waals surface area contributed by atoms with E-state index < -0.39 is 32.7 Å². The summed E-state index contributed by atoms with van der Waals surface area (Å²) in [6.45, 7) is 1.25. The normalized spacial score (nSPS) is 13.3. The fourth-order valence-corrected chi connectivity index (χ4v) is 2.56. The maximum Gasteiger partial charge on any atom is 0.246 e. The molecule has 1 rings (SSSR count). The van der Waals surface area contributed by atoms with Crippen LogP contribution in [0.5, 0.6) is 0 Å². The number of nitrogen functional groups attached to an aromatic ring is 1. The fourth-order valence-electron chi connectivity index (χ4n) is 1.16. The number of nitrogens with two attached hydrogens (primary N) is 2. The third-order valence-corrected chi connectivity index (χ3v) is 3.66. The van der Waals surface area contributed by atoms with Crippen LogP contribution in [0.15, 0.2) is 23.1 Å². The molecule has 8 heteroatoms. The second-order valence-corrected chi connectivity index (χ2v) is 5.05.